The van der Waals surface area contributed by atoms with Gasteiger partial charge in [0.2, 0.25) is 0 Å². The molecular formula is C19H20N4O3. The number of hydrogen-bond donors (Lipinski definition) is 3. The summed E-state index contributed by atoms with van der Waals surface area (Å²) >= 11 is 0. The molecule has 3 rings (SSSR count). The second-order valence-electron chi connectivity index (χ2n) is 6.24. The highest BCUT2D eigenvalue weighted by Crippen LogP contribution is 2.34. The van der Waals surface area contributed by atoms with Gasteiger partial charge in [-0.15, -0.1) is 0 Å². The van der Waals surface area contributed by atoms with Crippen molar-refractivity contribution >= 4 is 17.3 Å². The summed E-state index contributed by atoms with van der Waals surface area (Å²) < 4.78 is 6.95. The number of aryl methyl sites for hydroxylation is 1. The number of furan rings is 1. The number of primary amides is 1. The molecule has 7 heteroatoms. The molecule has 0 aliphatic heterocycles. The summed E-state index contributed by atoms with van der Waals surface area (Å²) in [4.78, 5) is 12.0. The van der Waals surface area contributed by atoms with E-state index in [9.17, 15) is 9.90 Å². The van der Waals surface area contributed by atoms with E-state index >= 15 is 0 Å². The minimum absolute atomic E-state index is 0.0646. The lowest BCUT2D eigenvalue weighted by Crippen LogP contribution is -2.14. The molecule has 7 nitrogen and oxygen atoms in total. The molecule has 0 aliphatic rings. The molecule has 0 fully saturated rings. The van der Waals surface area contributed by atoms with Crippen LogP contribution in [0.1, 0.15) is 34.0 Å². The van der Waals surface area contributed by atoms with Gasteiger partial charge < -0.3 is 21.0 Å². The lowest BCUT2D eigenvalue weighted by Gasteiger charge is -2.12. The van der Waals surface area contributed by atoms with Crippen LogP contribution in [-0.4, -0.2) is 20.8 Å². The molecule has 134 valence electrons. The Kier molecular flexibility index (Phi) is 4.07. The van der Waals surface area contributed by atoms with E-state index in [1.54, 1.807) is 25.1 Å². The maximum absolute atomic E-state index is 12.0. The van der Waals surface area contributed by atoms with Crippen molar-refractivity contribution in [1.82, 2.24) is 9.78 Å². The van der Waals surface area contributed by atoms with E-state index in [1.807, 2.05) is 13.8 Å². The van der Waals surface area contributed by atoms with Crippen molar-refractivity contribution in [3.63, 3.8) is 0 Å². The fourth-order valence-corrected chi connectivity index (χ4v) is 2.85. The first kappa shape index (κ1) is 17.3. The number of allylic oxidation sites excluding steroid dienone is 1. The molecular weight excluding hydrogens is 332 g/mol. The Morgan fingerprint density at radius 2 is 2.04 bits per heavy atom. The fraction of sp³-hybridized carbons (Fsp3) is 0.158. The zero-order valence-corrected chi connectivity index (χ0v) is 14.8. The maximum atomic E-state index is 12.0. The number of aromatic hydroxyl groups is 1. The number of aromatic nitrogens is 2. The standard InChI is InChI=1S/C19H20N4O3/c1-9(2)12-7-14(26-8-12)16-15(19(21)25)18(20)23(22-16)17-10(3)5-6-13(24)11(17)4/h5-8,24H,1,20H2,2-4H3,(H2,21,25). The molecule has 3 aromatic rings. The van der Waals surface area contributed by atoms with Crippen molar-refractivity contribution in [2.45, 2.75) is 20.8 Å². The number of phenolic OH excluding ortho intramolecular Hbond substituents is 1. The van der Waals surface area contributed by atoms with E-state index in [4.69, 9.17) is 15.9 Å². The maximum Gasteiger partial charge on any atom is 0.254 e. The first-order chi connectivity index (χ1) is 12.2. The van der Waals surface area contributed by atoms with Crippen LogP contribution < -0.4 is 11.5 Å². The van der Waals surface area contributed by atoms with Crippen LogP contribution in [0.4, 0.5) is 5.82 Å². The van der Waals surface area contributed by atoms with Gasteiger partial charge in [0.1, 0.15) is 22.8 Å². The number of nitrogen functional groups attached to an aromatic ring is 1. The van der Waals surface area contributed by atoms with E-state index < -0.39 is 5.91 Å². The number of amides is 1. The second kappa shape index (κ2) is 6.11. The summed E-state index contributed by atoms with van der Waals surface area (Å²) in [5, 5.41) is 14.5. The molecule has 0 spiro atoms. The first-order valence-corrected chi connectivity index (χ1v) is 7.95. The Morgan fingerprint density at radius 1 is 1.35 bits per heavy atom. The van der Waals surface area contributed by atoms with Crippen molar-refractivity contribution in [3.8, 4) is 22.9 Å². The molecule has 0 bridgehead atoms. The van der Waals surface area contributed by atoms with E-state index in [0.717, 1.165) is 16.7 Å². The van der Waals surface area contributed by atoms with Gasteiger partial charge in [0.25, 0.3) is 5.91 Å². The van der Waals surface area contributed by atoms with E-state index in [2.05, 4.69) is 11.7 Å². The minimum Gasteiger partial charge on any atom is -0.508 e. The Balaban J connectivity index is 2.29. The molecule has 26 heavy (non-hydrogen) atoms. The lowest BCUT2D eigenvalue weighted by molar-refractivity contribution is 0.100. The number of rotatable bonds is 4. The van der Waals surface area contributed by atoms with Crippen LogP contribution in [0.3, 0.4) is 0 Å². The smallest absolute Gasteiger partial charge is 0.254 e. The van der Waals surface area contributed by atoms with Gasteiger partial charge in [-0.05, 0) is 44.0 Å². The lowest BCUT2D eigenvalue weighted by atomic mass is 10.1. The van der Waals surface area contributed by atoms with E-state index in [1.165, 1.54) is 10.9 Å². The van der Waals surface area contributed by atoms with Crippen molar-refractivity contribution in [3.05, 3.63) is 53.3 Å². The van der Waals surface area contributed by atoms with Crippen molar-refractivity contribution in [2.75, 3.05) is 5.73 Å². The van der Waals surface area contributed by atoms with Crippen molar-refractivity contribution < 1.29 is 14.3 Å². The summed E-state index contributed by atoms with van der Waals surface area (Å²) in [5.74, 6) is -0.173. The van der Waals surface area contributed by atoms with Gasteiger partial charge >= 0.3 is 0 Å². The number of phenols is 1. The Hall–Kier alpha value is -3.48. The van der Waals surface area contributed by atoms with E-state index in [0.29, 0.717) is 17.0 Å². The average molecular weight is 352 g/mol. The number of nitrogens with two attached hydrogens (primary N) is 2. The zero-order valence-electron chi connectivity index (χ0n) is 14.8. The number of carbonyl (C=O) groups excluding carboxylic acids is 1. The summed E-state index contributed by atoms with van der Waals surface area (Å²) in [7, 11) is 0. The third-order valence-corrected chi connectivity index (χ3v) is 4.31. The summed E-state index contributed by atoms with van der Waals surface area (Å²) in [6.07, 6.45) is 1.53. The Labute approximate surface area is 150 Å². The van der Waals surface area contributed by atoms with Gasteiger partial charge in [-0.3, -0.25) is 4.79 Å². The van der Waals surface area contributed by atoms with Gasteiger partial charge in [-0.2, -0.15) is 5.10 Å². The van der Waals surface area contributed by atoms with Crippen molar-refractivity contribution in [2.24, 2.45) is 5.73 Å². The minimum atomic E-state index is -0.715. The molecule has 0 saturated carbocycles. The van der Waals surface area contributed by atoms with Crippen LogP contribution in [0.25, 0.3) is 22.7 Å². The normalized spacial score (nSPS) is 10.9. The van der Waals surface area contributed by atoms with Crippen LogP contribution >= 0.6 is 0 Å². The number of benzene rings is 1. The molecule has 0 aliphatic carbocycles. The average Bonchev–Trinajstić information content (AvgIpc) is 3.17. The fourth-order valence-electron chi connectivity index (χ4n) is 2.85. The Morgan fingerprint density at radius 3 is 2.62 bits per heavy atom. The summed E-state index contributed by atoms with van der Waals surface area (Å²) in [6.45, 7) is 9.31. The highest BCUT2D eigenvalue weighted by molar-refractivity contribution is 6.03. The molecule has 2 heterocycles. The highest BCUT2D eigenvalue weighted by Gasteiger charge is 2.26. The molecule has 0 saturated heterocycles. The van der Waals surface area contributed by atoms with Gasteiger partial charge in [0, 0.05) is 11.1 Å². The van der Waals surface area contributed by atoms with Crippen LogP contribution in [0, 0.1) is 13.8 Å². The predicted molar refractivity (Wildman–Crippen MR) is 100 cm³/mol. The third kappa shape index (κ3) is 2.63. The summed E-state index contributed by atoms with van der Waals surface area (Å²) in [5.41, 5.74) is 15.6. The molecule has 5 N–H and O–H groups in total. The molecule has 0 atom stereocenters. The van der Waals surface area contributed by atoms with Crippen LogP contribution in [-0.2, 0) is 0 Å². The number of nitrogens with zero attached hydrogens (tertiary/aromatic N) is 2. The van der Waals surface area contributed by atoms with Crippen LogP contribution in [0.15, 0.2) is 35.5 Å². The SMILES string of the molecule is C=C(C)c1coc(-c2nn(-c3c(C)ccc(O)c3C)c(N)c2C(N)=O)c1. The number of anilines is 1. The monoisotopic (exact) mass is 352 g/mol. The molecule has 0 radical (unpaired) electrons. The van der Waals surface area contributed by atoms with Gasteiger partial charge in [-0.1, -0.05) is 12.6 Å². The highest BCUT2D eigenvalue weighted by atomic mass is 16.3. The van der Waals surface area contributed by atoms with Gasteiger partial charge in [0.05, 0.1) is 12.0 Å². The van der Waals surface area contributed by atoms with Crippen molar-refractivity contribution in [1.29, 1.82) is 0 Å². The molecule has 1 amide bonds. The van der Waals surface area contributed by atoms with E-state index in [-0.39, 0.29) is 22.8 Å². The third-order valence-electron chi connectivity index (χ3n) is 4.31. The largest absolute Gasteiger partial charge is 0.508 e. The molecule has 2 aromatic heterocycles. The zero-order chi connectivity index (χ0) is 19.2. The number of hydrogen-bond acceptors (Lipinski definition) is 5. The van der Waals surface area contributed by atoms with Gasteiger partial charge in [0.15, 0.2) is 5.76 Å². The topological polar surface area (TPSA) is 120 Å². The first-order valence-electron chi connectivity index (χ1n) is 7.95. The van der Waals surface area contributed by atoms with Crippen LogP contribution in [0.5, 0.6) is 5.75 Å². The van der Waals surface area contributed by atoms with Crippen LogP contribution in [0.2, 0.25) is 0 Å². The molecule has 0 unspecified atom stereocenters. The predicted octanol–water partition coefficient (Wildman–Crippen LogP) is 3.17. The molecule has 1 aromatic carbocycles. The quantitative estimate of drug-likeness (QED) is 0.666. The Bertz CT molecular complexity index is 1040. The summed E-state index contributed by atoms with van der Waals surface area (Å²) in [6, 6.07) is 5.06. The number of carbonyl (C=O) groups is 1. The van der Waals surface area contributed by atoms with Gasteiger partial charge in [-0.25, -0.2) is 4.68 Å². The second-order valence-corrected chi connectivity index (χ2v) is 6.24.